The average molecular weight is 1890 g/mol. The van der Waals surface area contributed by atoms with Crippen molar-refractivity contribution in [2.45, 2.75) is 259 Å². The van der Waals surface area contributed by atoms with E-state index in [9.17, 15) is 83.4 Å². The molecule has 137 heavy (non-hydrogen) atoms. The molecule has 1 fully saturated rings. The lowest BCUT2D eigenvalue weighted by Crippen LogP contribution is -2.56. The number of hydrogen-bond acceptors (Lipinski definition) is 22. The Morgan fingerprint density at radius 3 is 1.90 bits per heavy atom. The van der Waals surface area contributed by atoms with Gasteiger partial charge in [-0.1, -0.05) is 159 Å². The molecule has 0 spiro atoms. The van der Waals surface area contributed by atoms with E-state index in [1.54, 1.807) is 49.5 Å². The number of carbonyl (C=O) groups is 15. The number of aromatic carboxylic acids is 1. The van der Waals surface area contributed by atoms with Crippen LogP contribution in [-0.4, -0.2) is 191 Å². The van der Waals surface area contributed by atoms with Crippen LogP contribution in [0.4, 0.5) is 0 Å². The van der Waals surface area contributed by atoms with Crippen molar-refractivity contribution in [2.24, 2.45) is 52.6 Å². The molecule has 0 bridgehead atoms. The van der Waals surface area contributed by atoms with Gasteiger partial charge in [0.1, 0.15) is 34.7 Å². The van der Waals surface area contributed by atoms with Crippen molar-refractivity contribution in [3.63, 3.8) is 0 Å². The number of primary amides is 1. The summed E-state index contributed by atoms with van der Waals surface area (Å²) < 4.78 is 5.93. The number of carboxylic acid groups (broad SMARTS) is 2. The molecular formula is C106H136N8O23. The zero-order chi connectivity index (χ0) is 101. The number of H-pyrrole nitrogens is 1. The number of nitrogens with two attached hydrogens (primary N) is 1. The zero-order valence-electron chi connectivity index (χ0n) is 80.4. The highest BCUT2D eigenvalue weighted by Gasteiger charge is 2.43. The molecule has 6 amide bonds. The minimum atomic E-state index is -1.90. The number of phenols is 2. The van der Waals surface area contributed by atoms with Crippen LogP contribution in [0.1, 0.15) is 242 Å². The molecule has 12 atom stereocenters. The Kier molecular flexibility index (Phi) is 41.6. The van der Waals surface area contributed by atoms with Gasteiger partial charge in [-0.05, 0) is 169 Å². The van der Waals surface area contributed by atoms with E-state index in [-0.39, 0.29) is 140 Å². The van der Waals surface area contributed by atoms with Gasteiger partial charge >= 0.3 is 11.9 Å². The molecule has 3 aliphatic rings. The van der Waals surface area contributed by atoms with Crippen molar-refractivity contribution in [3.05, 3.63) is 178 Å². The summed E-state index contributed by atoms with van der Waals surface area (Å²) in [6.07, 6.45) is -0.793. The van der Waals surface area contributed by atoms with Crippen LogP contribution in [0.2, 0.25) is 0 Å². The molecule has 6 aromatic rings. The molecule has 3 heterocycles. The van der Waals surface area contributed by atoms with Gasteiger partial charge in [0.05, 0.1) is 59.2 Å². The fraction of sp³-hybridized carbons (Fsp3) is 0.491. The van der Waals surface area contributed by atoms with E-state index >= 15 is 24.0 Å². The normalized spacial score (nSPS) is 21.0. The van der Waals surface area contributed by atoms with Crippen molar-refractivity contribution >= 4 is 110 Å². The number of benzene rings is 6. The molecule has 738 valence electrons. The predicted molar refractivity (Wildman–Crippen MR) is 518 cm³/mol. The average Bonchev–Trinajstić information content (AvgIpc) is 0.928. The summed E-state index contributed by atoms with van der Waals surface area (Å²) in [6.45, 7) is 16.9. The van der Waals surface area contributed by atoms with Gasteiger partial charge in [-0.2, -0.15) is 0 Å². The second kappa shape index (κ2) is 52.0. The van der Waals surface area contributed by atoms with Gasteiger partial charge in [0.15, 0.2) is 40.1 Å². The van der Waals surface area contributed by atoms with Crippen LogP contribution in [0, 0.1) is 46.8 Å². The molecule has 14 N–H and O–H groups in total. The lowest BCUT2D eigenvalue weighted by Gasteiger charge is -2.33. The van der Waals surface area contributed by atoms with Gasteiger partial charge < -0.3 is 77.3 Å². The topological polar surface area (TPSA) is 513 Å². The van der Waals surface area contributed by atoms with E-state index in [1.807, 2.05) is 71.7 Å². The monoisotopic (exact) mass is 1890 g/mol. The highest BCUT2D eigenvalue weighted by molar-refractivity contribution is 6.10. The van der Waals surface area contributed by atoms with E-state index in [1.165, 1.54) is 99.6 Å². The maximum absolute atomic E-state index is 15.7. The maximum Gasteiger partial charge on any atom is 0.336 e. The fourth-order valence-corrected chi connectivity index (χ4v) is 17.9. The summed E-state index contributed by atoms with van der Waals surface area (Å²) in [6, 6.07) is 28.2. The van der Waals surface area contributed by atoms with Crippen LogP contribution in [0.15, 0.2) is 149 Å². The molecule has 0 saturated carbocycles. The molecule has 31 nitrogen and oxygen atoms in total. The molecule has 1 aliphatic carbocycles. The van der Waals surface area contributed by atoms with E-state index < -0.39 is 204 Å². The lowest BCUT2D eigenvalue weighted by atomic mass is 9.80. The molecule has 5 aromatic carbocycles. The number of aliphatic carboxylic acids is 1. The Hall–Kier alpha value is -12.7. The Morgan fingerprint density at radius 2 is 1.24 bits per heavy atom. The van der Waals surface area contributed by atoms with Gasteiger partial charge in [0.25, 0.3) is 0 Å². The first-order valence-electron chi connectivity index (χ1n) is 47.7. The Balaban J connectivity index is 0.0000114. The molecule has 0 radical (unpaired) electrons. The number of aliphatic hydroxyl groups excluding tert-OH is 2. The fourth-order valence-electron chi connectivity index (χ4n) is 17.9. The van der Waals surface area contributed by atoms with Crippen LogP contribution in [0.3, 0.4) is 0 Å². The quantitative estimate of drug-likeness (QED) is 0.0138. The van der Waals surface area contributed by atoms with E-state index in [2.05, 4.69) is 31.6 Å². The summed E-state index contributed by atoms with van der Waals surface area (Å²) in [5.41, 5.74) is 4.71. The molecule has 1 aromatic heterocycles. The van der Waals surface area contributed by atoms with Gasteiger partial charge in [-0.3, -0.25) is 71.9 Å². The summed E-state index contributed by atoms with van der Waals surface area (Å²) >= 11 is 0. The summed E-state index contributed by atoms with van der Waals surface area (Å²) in [5, 5.41) is 79.3. The van der Waals surface area contributed by atoms with Crippen LogP contribution < -0.4 is 37.7 Å². The third kappa shape index (κ3) is 32.2. The minimum absolute atomic E-state index is 0.0109. The number of Topliss-reactive ketones (excluding diaryl/α,β-unsaturated/α-hetero) is 7. The van der Waals surface area contributed by atoms with Gasteiger partial charge in [-0.15, -0.1) is 0 Å². The Bertz CT molecular complexity index is 5600. The summed E-state index contributed by atoms with van der Waals surface area (Å²) in [4.78, 5) is 234. The van der Waals surface area contributed by atoms with Crippen molar-refractivity contribution in [1.29, 1.82) is 0 Å². The number of aromatic amines is 1. The molecule has 1 unspecified atom stereocenters. The number of rotatable bonds is 32. The number of phenolic OH excluding ortho intramolecular Hbond substituents is 2. The largest absolute Gasteiger partial charge is 0.508 e. The number of aromatic hydroxyl groups is 2. The summed E-state index contributed by atoms with van der Waals surface area (Å²) in [7, 11) is 1.82. The zero-order valence-corrected chi connectivity index (χ0v) is 80.4. The third-order valence-corrected chi connectivity index (χ3v) is 25.7. The highest BCUT2D eigenvalue weighted by Crippen LogP contribution is 2.43. The third-order valence-electron chi connectivity index (χ3n) is 25.7. The Morgan fingerprint density at radius 1 is 0.613 bits per heavy atom. The molecule has 9 rings (SSSR count). The highest BCUT2D eigenvalue weighted by atomic mass is 16.4. The van der Waals surface area contributed by atoms with Crippen molar-refractivity contribution < 1.29 is 107 Å². The molecule has 1 saturated heterocycles. The number of nitrogens with zero attached hydrogens (tertiary/aromatic N) is 1. The number of aromatic nitrogens is 1. The number of nitrogens with one attached hydrogen (secondary N) is 6. The van der Waals surface area contributed by atoms with Crippen LogP contribution in [-0.2, 0) is 81.6 Å². The maximum atomic E-state index is 15.7. The van der Waals surface area contributed by atoms with Gasteiger partial charge in [-0.25, -0.2) is 4.79 Å². The van der Waals surface area contributed by atoms with Gasteiger partial charge in [0, 0.05) is 140 Å². The Labute approximate surface area is 799 Å². The van der Waals surface area contributed by atoms with E-state index in [0.717, 1.165) is 18.2 Å². The smallest absolute Gasteiger partial charge is 0.336 e. The van der Waals surface area contributed by atoms with Crippen LogP contribution in [0.25, 0.3) is 44.2 Å². The van der Waals surface area contributed by atoms with E-state index in [0.29, 0.717) is 70.9 Å². The van der Waals surface area contributed by atoms with Gasteiger partial charge in [0.2, 0.25) is 35.4 Å². The first kappa shape index (κ1) is 110. The SMILES string of the molecule is CC.CC(C)C[C@@H]1CC(=O)[C@H](C)NC(=O)[C@H](Cc2[nH]cc3ccccc23)CC(=O)[C@H](Cc2ccc(O)cc2)NC(=O)[C@H](CCC(=O)O)CC(=O)[C@](C)(NC(=O)[C@@H](CC(=O)[C@H](CO)NC(=O)[C@@H](CC(=O)CCCC(=O)c2ccc(-c3c4ccc(=O)cc-4oc4cc(O)ccc34)c(C(=O)O)c2)C(C)O)Cc2ccccc2)CCCCCCCCCN(C)C[C@@](C)(C(N)=O)CC(=O)[C@H](CC(C)C)NC1=O. The number of fused-ring (bicyclic) bond motifs is 3. The lowest BCUT2D eigenvalue weighted by molar-refractivity contribution is -0.140. The molecular weight excluding hydrogens is 1750 g/mol. The number of aliphatic hydroxyl groups is 2. The van der Waals surface area contributed by atoms with Crippen molar-refractivity contribution in [2.75, 3.05) is 26.7 Å². The number of carboxylic acids is 2. The molecule has 2 aliphatic heterocycles. The predicted octanol–water partition coefficient (Wildman–Crippen LogP) is 12.8. The first-order valence-corrected chi connectivity index (χ1v) is 47.7. The number of ketones is 7. The number of amides is 6. The number of hydrogen-bond donors (Lipinski definition) is 13. The second-order valence-corrected chi connectivity index (χ2v) is 37.9. The van der Waals surface area contributed by atoms with Crippen LogP contribution in [0.5, 0.6) is 11.5 Å². The number of carbonyl (C=O) groups excluding carboxylic acids is 13. The first-order chi connectivity index (χ1) is 65.0. The van der Waals surface area contributed by atoms with E-state index in [4.69, 9.17) is 10.2 Å². The minimum Gasteiger partial charge on any atom is -0.508 e. The standard InChI is InChI=1S/C104H130N8O23.C2H6/c1-60(2)43-69-49-87(120)62(5)107-97(128)71(48-82-76-27-19-18-25-68(76)57-106-82)51-88(121)84(46-65-29-33-72(115)34-30-65)109-96(127)67(32-40-94(125)126)52-93(124)104(8,41-20-13-11-10-12-14-21-42-112(9)59-103(7,102(105)134)56-90(123)83(44-61(3)4)108-98(69)129)111-99(130)70(45-64-23-16-15-17-24-64)50-89(122)85(58-113)110-100(131)80(63(6)114)53-73(116)26-22-28-86(119)66-31-37-77(81(47-66)101(132)133)95-78-38-35-74(117)54-91(78)135-92-55-75(118)36-39-79(92)95;1-2/h15-19,23-25,27,29-31,33-39,47,54-55,57,60-63,67,69-71,80,83-85,106,113-115,117H,10-14,20-22,26,28,32,40-46,48-53,56,58-59H2,1-9H3,(H2,105,134)(H,107,128)(H,108,129)(H,109,127)(H,110,131)(H,111,130)(H,125,126)(H,132,133);1-2H3/t62-,63?,67+,69+,70+,71+,80-,83-,84-,85-,103-,104+;/m0./s1. The second-order valence-electron chi connectivity index (χ2n) is 37.9. The van der Waals surface area contributed by atoms with Crippen molar-refractivity contribution in [3.8, 4) is 33.9 Å². The molecule has 31 heteroatoms. The van der Waals surface area contributed by atoms with Crippen LogP contribution >= 0.6 is 0 Å². The van der Waals surface area contributed by atoms with Crippen molar-refractivity contribution in [1.82, 2.24) is 36.5 Å². The summed E-state index contributed by atoms with van der Waals surface area (Å²) in [5.74, 6) is -19.1.